The Hall–Kier alpha value is -4.00. The molecule has 0 saturated heterocycles. The zero-order chi connectivity index (χ0) is 31.5. The van der Waals surface area contributed by atoms with E-state index in [1.54, 1.807) is 17.0 Å². The highest BCUT2D eigenvalue weighted by atomic mass is 16.5. The van der Waals surface area contributed by atoms with Crippen LogP contribution in [0.3, 0.4) is 0 Å². The molecule has 0 heterocycles. The number of carboxylic acids is 1. The van der Waals surface area contributed by atoms with Crippen molar-refractivity contribution in [3.63, 3.8) is 0 Å². The minimum atomic E-state index is -1.41. The Labute approximate surface area is 257 Å². The number of unbranched alkanes of at least 4 members (excludes halogenated alkanes) is 4. The second-order valence-electron chi connectivity index (χ2n) is 12.5. The molecule has 0 aliphatic carbocycles. The van der Waals surface area contributed by atoms with Gasteiger partial charge in [-0.05, 0) is 55.0 Å². The van der Waals surface area contributed by atoms with E-state index in [2.05, 4.69) is 57.3 Å². The van der Waals surface area contributed by atoms with Crippen LogP contribution in [0.25, 0.3) is 0 Å². The second kappa shape index (κ2) is 15.5. The number of nitrogens with one attached hydrogen (secondary N) is 1. The molecule has 3 aromatic rings. The Balaban J connectivity index is 1.76. The minimum Gasteiger partial charge on any atom is -0.487 e. The number of urea groups is 1. The van der Waals surface area contributed by atoms with E-state index in [0.29, 0.717) is 30.3 Å². The first-order valence-electron chi connectivity index (χ1n) is 15.3. The Morgan fingerprint density at radius 2 is 1.44 bits per heavy atom. The first-order chi connectivity index (χ1) is 20.4. The highest BCUT2D eigenvalue weighted by Crippen LogP contribution is 2.28. The summed E-state index contributed by atoms with van der Waals surface area (Å²) in [5.74, 6) is -0.0277. The molecular formula is C36H48N2O5. The number of carbonyl (C=O) groups excluding carboxylic acids is 1. The Morgan fingerprint density at radius 3 is 2.09 bits per heavy atom. The molecule has 0 atom stereocenters. The van der Waals surface area contributed by atoms with Crippen LogP contribution >= 0.6 is 0 Å². The fourth-order valence-electron chi connectivity index (χ4n) is 4.57. The third-order valence-electron chi connectivity index (χ3n) is 7.38. The molecule has 7 nitrogen and oxygen atoms in total. The summed E-state index contributed by atoms with van der Waals surface area (Å²) in [4.78, 5) is 27.2. The molecule has 0 aromatic heterocycles. The number of nitrogens with zero attached hydrogens (tertiary/aromatic N) is 1. The van der Waals surface area contributed by atoms with Gasteiger partial charge in [0.2, 0.25) is 0 Å². The maximum absolute atomic E-state index is 13.7. The van der Waals surface area contributed by atoms with Crippen molar-refractivity contribution >= 4 is 17.7 Å². The van der Waals surface area contributed by atoms with Gasteiger partial charge in [0, 0.05) is 12.1 Å². The molecule has 7 heteroatoms. The second-order valence-corrected chi connectivity index (χ2v) is 12.5. The van der Waals surface area contributed by atoms with Crippen molar-refractivity contribution in [3.8, 4) is 11.5 Å². The average molecular weight is 589 g/mol. The molecule has 0 spiro atoms. The van der Waals surface area contributed by atoms with Crippen LogP contribution in [0.4, 0.5) is 10.5 Å². The van der Waals surface area contributed by atoms with Crippen LogP contribution in [-0.4, -0.2) is 34.2 Å². The van der Waals surface area contributed by atoms with Gasteiger partial charge in [0.1, 0.15) is 18.1 Å². The van der Waals surface area contributed by atoms with Crippen molar-refractivity contribution in [3.05, 3.63) is 89.5 Å². The highest BCUT2D eigenvalue weighted by molar-refractivity contribution is 5.91. The number of aliphatic carboxylic acids is 1. The van der Waals surface area contributed by atoms with Gasteiger partial charge in [-0.2, -0.15) is 0 Å². The third-order valence-corrected chi connectivity index (χ3v) is 7.38. The summed E-state index contributed by atoms with van der Waals surface area (Å²) >= 11 is 0. The number of amides is 2. The topological polar surface area (TPSA) is 88.1 Å². The van der Waals surface area contributed by atoms with Crippen LogP contribution in [0.1, 0.15) is 90.3 Å². The fourth-order valence-corrected chi connectivity index (χ4v) is 4.57. The average Bonchev–Trinajstić information content (AvgIpc) is 2.96. The summed E-state index contributed by atoms with van der Waals surface area (Å²) in [7, 11) is 0. The molecule has 3 aromatic carbocycles. The van der Waals surface area contributed by atoms with Crippen LogP contribution in [0, 0.1) is 0 Å². The summed E-state index contributed by atoms with van der Waals surface area (Å²) in [6, 6.07) is 22.9. The van der Waals surface area contributed by atoms with Crippen LogP contribution in [0.2, 0.25) is 0 Å². The fraction of sp³-hybridized carbons (Fsp3) is 0.444. The van der Waals surface area contributed by atoms with Crippen LogP contribution in [-0.2, 0) is 23.4 Å². The molecule has 232 valence electrons. The minimum absolute atomic E-state index is 0.0806. The zero-order valence-electron chi connectivity index (χ0n) is 26.6. The van der Waals surface area contributed by atoms with Gasteiger partial charge in [0.25, 0.3) is 0 Å². The molecule has 0 aliphatic rings. The first-order valence-corrected chi connectivity index (χ1v) is 15.3. The standard InChI is InChI=1S/C36H48N2O5/c1-7-8-9-10-15-24-38(25-28-16-11-13-18-31(28)43-36(5,6)33(39)40)34(41)37-30-17-12-14-19-32(30)42-26-27-20-22-29(23-21-27)35(2,3)4/h11-14,16-23H,7-10,15,24-26H2,1-6H3,(H,37,41)(H,39,40). The molecular weight excluding hydrogens is 540 g/mol. The van der Waals surface area contributed by atoms with Crippen molar-refractivity contribution in [1.82, 2.24) is 4.90 Å². The monoisotopic (exact) mass is 588 g/mol. The van der Waals surface area contributed by atoms with Crippen molar-refractivity contribution in [2.24, 2.45) is 0 Å². The summed E-state index contributed by atoms with van der Waals surface area (Å²) in [6.07, 6.45) is 5.31. The lowest BCUT2D eigenvalue weighted by atomic mass is 9.87. The number of para-hydroxylation sites is 3. The Bertz CT molecular complexity index is 1330. The quantitative estimate of drug-likeness (QED) is 0.173. The summed E-state index contributed by atoms with van der Waals surface area (Å²) in [5, 5.41) is 12.7. The summed E-state index contributed by atoms with van der Waals surface area (Å²) in [6.45, 7) is 13.0. The van der Waals surface area contributed by atoms with E-state index in [1.165, 1.54) is 19.4 Å². The number of hydrogen-bond acceptors (Lipinski definition) is 4. The van der Waals surface area contributed by atoms with Gasteiger partial charge in [-0.15, -0.1) is 0 Å². The largest absolute Gasteiger partial charge is 0.487 e. The predicted octanol–water partition coefficient (Wildman–Crippen LogP) is 8.81. The molecule has 0 unspecified atom stereocenters. The number of benzene rings is 3. The van der Waals surface area contributed by atoms with Gasteiger partial charge < -0.3 is 24.8 Å². The normalized spacial score (nSPS) is 11.6. The van der Waals surface area contributed by atoms with Crippen LogP contribution < -0.4 is 14.8 Å². The van der Waals surface area contributed by atoms with E-state index in [1.807, 2.05) is 36.4 Å². The smallest absolute Gasteiger partial charge is 0.347 e. The lowest BCUT2D eigenvalue weighted by molar-refractivity contribution is -0.152. The van der Waals surface area contributed by atoms with Crippen molar-refractivity contribution < 1.29 is 24.2 Å². The number of hydrogen-bond donors (Lipinski definition) is 2. The number of rotatable bonds is 15. The molecule has 2 N–H and O–H groups in total. The van der Waals surface area contributed by atoms with Gasteiger partial charge in [-0.3, -0.25) is 0 Å². The van der Waals surface area contributed by atoms with E-state index in [0.717, 1.165) is 43.2 Å². The molecule has 3 rings (SSSR count). The van der Waals surface area contributed by atoms with E-state index in [4.69, 9.17) is 9.47 Å². The summed E-state index contributed by atoms with van der Waals surface area (Å²) < 4.78 is 12.1. The number of ether oxygens (including phenoxy) is 2. The lowest BCUT2D eigenvalue weighted by Gasteiger charge is -2.27. The number of anilines is 1. The van der Waals surface area contributed by atoms with Gasteiger partial charge in [0.05, 0.1) is 12.2 Å². The Kier molecular flexibility index (Phi) is 12.0. The van der Waals surface area contributed by atoms with Crippen molar-refractivity contribution in [2.75, 3.05) is 11.9 Å². The van der Waals surface area contributed by atoms with Gasteiger partial charge in [-0.1, -0.05) is 108 Å². The van der Waals surface area contributed by atoms with Crippen molar-refractivity contribution in [1.29, 1.82) is 0 Å². The summed E-state index contributed by atoms with van der Waals surface area (Å²) in [5.41, 5.74) is 2.31. The van der Waals surface area contributed by atoms with E-state index < -0.39 is 11.6 Å². The molecule has 2 amide bonds. The first kappa shape index (κ1) is 33.5. The van der Waals surface area contributed by atoms with Gasteiger partial charge >= 0.3 is 12.0 Å². The molecule has 0 bridgehead atoms. The maximum atomic E-state index is 13.7. The molecule has 43 heavy (non-hydrogen) atoms. The van der Waals surface area contributed by atoms with Gasteiger partial charge in [-0.25, -0.2) is 9.59 Å². The highest BCUT2D eigenvalue weighted by Gasteiger charge is 2.30. The van der Waals surface area contributed by atoms with E-state index >= 15 is 0 Å². The van der Waals surface area contributed by atoms with Crippen LogP contribution in [0.5, 0.6) is 11.5 Å². The predicted molar refractivity (Wildman–Crippen MR) is 173 cm³/mol. The van der Waals surface area contributed by atoms with E-state index in [9.17, 15) is 14.7 Å². The lowest BCUT2D eigenvalue weighted by Crippen LogP contribution is -2.39. The third kappa shape index (κ3) is 10.3. The maximum Gasteiger partial charge on any atom is 0.347 e. The van der Waals surface area contributed by atoms with Crippen molar-refractivity contribution in [2.45, 2.75) is 97.8 Å². The van der Waals surface area contributed by atoms with E-state index in [-0.39, 0.29) is 18.0 Å². The zero-order valence-corrected chi connectivity index (χ0v) is 26.6. The molecule has 0 saturated carbocycles. The molecule has 0 aliphatic heterocycles. The SMILES string of the molecule is CCCCCCCN(Cc1ccccc1OC(C)(C)C(=O)O)C(=O)Nc1ccccc1OCc1ccc(C(C)(C)C)cc1. The molecule has 0 fully saturated rings. The number of carboxylic acid groups (broad SMARTS) is 1. The van der Waals surface area contributed by atoms with Gasteiger partial charge in [0.15, 0.2) is 5.60 Å². The Morgan fingerprint density at radius 1 is 0.814 bits per heavy atom. The number of carbonyl (C=O) groups is 2. The molecule has 0 radical (unpaired) electrons. The van der Waals surface area contributed by atoms with Crippen LogP contribution in [0.15, 0.2) is 72.8 Å².